The fraction of sp³-hybridized carbons (Fsp3) is 0.867. The lowest BCUT2D eigenvalue weighted by Crippen LogP contribution is -2.53. The number of piperidine rings is 1. The maximum absolute atomic E-state index is 12.0. The monoisotopic (exact) mass is 284 g/mol. The zero-order valence-corrected chi connectivity index (χ0v) is 12.9. The van der Waals surface area contributed by atoms with Gasteiger partial charge in [-0.3, -0.25) is 9.59 Å². The second-order valence-electron chi connectivity index (χ2n) is 6.15. The van der Waals surface area contributed by atoms with Crippen LogP contribution in [0.25, 0.3) is 0 Å². The minimum absolute atomic E-state index is 0.0779. The molecule has 2 unspecified atom stereocenters. The lowest BCUT2D eigenvalue weighted by atomic mass is 9.93. The number of amides is 1. The summed E-state index contributed by atoms with van der Waals surface area (Å²) in [5.74, 6) is -0.538. The van der Waals surface area contributed by atoms with Gasteiger partial charge in [0.05, 0.1) is 5.92 Å². The summed E-state index contributed by atoms with van der Waals surface area (Å²) in [6.07, 6.45) is 2.99. The summed E-state index contributed by atoms with van der Waals surface area (Å²) >= 11 is 0. The Morgan fingerprint density at radius 3 is 2.60 bits per heavy atom. The molecule has 0 aromatic carbocycles. The van der Waals surface area contributed by atoms with Gasteiger partial charge < -0.3 is 15.3 Å². The van der Waals surface area contributed by atoms with Crippen molar-refractivity contribution in [2.75, 3.05) is 19.6 Å². The van der Waals surface area contributed by atoms with Crippen LogP contribution in [0.5, 0.6) is 0 Å². The summed E-state index contributed by atoms with van der Waals surface area (Å²) in [5, 5.41) is 12.6. The average molecular weight is 284 g/mol. The van der Waals surface area contributed by atoms with Crippen molar-refractivity contribution < 1.29 is 14.7 Å². The van der Waals surface area contributed by atoms with Crippen LogP contribution in [0, 0.1) is 11.8 Å². The SMILES string of the molecule is CCCC(=O)N1CC(NCCC(C)C)CC(C(=O)O)C1. The Kier molecular flexibility index (Phi) is 6.99. The van der Waals surface area contributed by atoms with Crippen LogP contribution < -0.4 is 5.32 Å². The number of nitrogens with zero attached hydrogens (tertiary/aromatic N) is 1. The van der Waals surface area contributed by atoms with Crippen molar-refractivity contribution in [1.82, 2.24) is 10.2 Å². The fourth-order valence-corrected chi connectivity index (χ4v) is 2.58. The smallest absolute Gasteiger partial charge is 0.308 e. The number of carboxylic acids is 1. The summed E-state index contributed by atoms with van der Waals surface area (Å²) in [6.45, 7) is 8.18. The first-order chi connectivity index (χ1) is 9.43. The van der Waals surface area contributed by atoms with Crippen molar-refractivity contribution in [2.24, 2.45) is 11.8 Å². The molecule has 1 fully saturated rings. The maximum atomic E-state index is 12.0. The Bertz CT molecular complexity index is 331. The predicted molar refractivity (Wildman–Crippen MR) is 78.5 cm³/mol. The quantitative estimate of drug-likeness (QED) is 0.747. The molecule has 116 valence electrons. The lowest BCUT2D eigenvalue weighted by Gasteiger charge is -2.36. The van der Waals surface area contributed by atoms with E-state index in [9.17, 15) is 14.7 Å². The molecule has 1 heterocycles. The van der Waals surface area contributed by atoms with Crippen LogP contribution >= 0.6 is 0 Å². The van der Waals surface area contributed by atoms with Crippen molar-refractivity contribution in [3.05, 3.63) is 0 Å². The topological polar surface area (TPSA) is 69.6 Å². The van der Waals surface area contributed by atoms with E-state index in [2.05, 4.69) is 19.2 Å². The highest BCUT2D eigenvalue weighted by Gasteiger charge is 2.33. The molecule has 2 N–H and O–H groups in total. The highest BCUT2D eigenvalue weighted by molar-refractivity contribution is 5.78. The molecule has 0 aromatic heterocycles. The van der Waals surface area contributed by atoms with Crippen LogP contribution in [0.15, 0.2) is 0 Å². The van der Waals surface area contributed by atoms with Crippen molar-refractivity contribution in [2.45, 2.75) is 52.5 Å². The highest BCUT2D eigenvalue weighted by atomic mass is 16.4. The highest BCUT2D eigenvalue weighted by Crippen LogP contribution is 2.18. The molecule has 2 atom stereocenters. The van der Waals surface area contributed by atoms with Crippen LogP contribution in [-0.2, 0) is 9.59 Å². The molecule has 1 aliphatic rings. The third-order valence-corrected chi connectivity index (χ3v) is 3.77. The van der Waals surface area contributed by atoms with Crippen molar-refractivity contribution in [3.8, 4) is 0 Å². The molecule has 1 rings (SSSR count). The first-order valence-corrected chi connectivity index (χ1v) is 7.68. The normalized spacial score (nSPS) is 23.1. The van der Waals surface area contributed by atoms with E-state index < -0.39 is 11.9 Å². The average Bonchev–Trinajstić information content (AvgIpc) is 2.38. The van der Waals surface area contributed by atoms with Crippen LogP contribution in [0.2, 0.25) is 0 Å². The number of carbonyl (C=O) groups is 2. The third-order valence-electron chi connectivity index (χ3n) is 3.77. The van der Waals surface area contributed by atoms with Crippen LogP contribution in [0.4, 0.5) is 0 Å². The number of hydrogen-bond acceptors (Lipinski definition) is 3. The van der Waals surface area contributed by atoms with Gasteiger partial charge in [0, 0.05) is 25.6 Å². The summed E-state index contributed by atoms with van der Waals surface area (Å²) in [4.78, 5) is 25.0. The Balaban J connectivity index is 2.56. The molecule has 20 heavy (non-hydrogen) atoms. The molecule has 0 aromatic rings. The van der Waals surface area contributed by atoms with Gasteiger partial charge >= 0.3 is 5.97 Å². The first-order valence-electron chi connectivity index (χ1n) is 7.68. The molecular formula is C15H28N2O3. The van der Waals surface area contributed by atoms with E-state index in [-0.39, 0.29) is 11.9 Å². The van der Waals surface area contributed by atoms with E-state index in [0.29, 0.717) is 31.8 Å². The molecule has 0 spiro atoms. The number of carboxylic acid groups (broad SMARTS) is 1. The van der Waals surface area contributed by atoms with Gasteiger partial charge in [0.2, 0.25) is 5.91 Å². The number of hydrogen-bond donors (Lipinski definition) is 2. The number of likely N-dealkylation sites (tertiary alicyclic amines) is 1. The lowest BCUT2D eigenvalue weighted by molar-refractivity contribution is -0.146. The van der Waals surface area contributed by atoms with Gasteiger partial charge in [-0.05, 0) is 31.7 Å². The molecule has 5 nitrogen and oxygen atoms in total. The summed E-state index contributed by atoms with van der Waals surface area (Å²) in [6, 6.07) is 0.101. The predicted octanol–water partition coefficient (Wildman–Crippen LogP) is 1.72. The number of aliphatic carboxylic acids is 1. The zero-order chi connectivity index (χ0) is 15.1. The van der Waals surface area contributed by atoms with E-state index in [4.69, 9.17) is 0 Å². The van der Waals surface area contributed by atoms with E-state index in [1.807, 2.05) is 6.92 Å². The number of nitrogens with one attached hydrogen (secondary N) is 1. The number of rotatable bonds is 7. The second-order valence-corrected chi connectivity index (χ2v) is 6.15. The molecule has 5 heteroatoms. The minimum Gasteiger partial charge on any atom is -0.481 e. The van der Waals surface area contributed by atoms with Gasteiger partial charge in [0.15, 0.2) is 0 Å². The van der Waals surface area contributed by atoms with Crippen LogP contribution in [0.3, 0.4) is 0 Å². The van der Waals surface area contributed by atoms with Gasteiger partial charge in [-0.2, -0.15) is 0 Å². The minimum atomic E-state index is -0.797. The van der Waals surface area contributed by atoms with Crippen molar-refractivity contribution in [1.29, 1.82) is 0 Å². The van der Waals surface area contributed by atoms with Gasteiger partial charge in [0.1, 0.15) is 0 Å². The Morgan fingerprint density at radius 2 is 2.05 bits per heavy atom. The second kappa shape index (κ2) is 8.25. The first kappa shape index (κ1) is 17.0. The van der Waals surface area contributed by atoms with Gasteiger partial charge in [-0.15, -0.1) is 0 Å². The van der Waals surface area contributed by atoms with Crippen molar-refractivity contribution in [3.63, 3.8) is 0 Å². The Hall–Kier alpha value is -1.10. The molecule has 0 bridgehead atoms. The van der Waals surface area contributed by atoms with Gasteiger partial charge in [-0.25, -0.2) is 0 Å². The summed E-state index contributed by atoms with van der Waals surface area (Å²) in [7, 11) is 0. The molecule has 1 saturated heterocycles. The fourth-order valence-electron chi connectivity index (χ4n) is 2.58. The van der Waals surface area contributed by atoms with Gasteiger partial charge in [-0.1, -0.05) is 20.8 Å². The Labute approximate surface area is 121 Å². The van der Waals surface area contributed by atoms with E-state index >= 15 is 0 Å². The van der Waals surface area contributed by atoms with Crippen molar-refractivity contribution >= 4 is 11.9 Å². The largest absolute Gasteiger partial charge is 0.481 e. The molecule has 1 aliphatic heterocycles. The molecular weight excluding hydrogens is 256 g/mol. The van der Waals surface area contributed by atoms with E-state index in [0.717, 1.165) is 19.4 Å². The maximum Gasteiger partial charge on any atom is 0.308 e. The third kappa shape index (κ3) is 5.49. The zero-order valence-electron chi connectivity index (χ0n) is 12.9. The van der Waals surface area contributed by atoms with Gasteiger partial charge in [0.25, 0.3) is 0 Å². The number of carbonyl (C=O) groups excluding carboxylic acids is 1. The van der Waals surface area contributed by atoms with Crippen LogP contribution in [0.1, 0.15) is 46.5 Å². The summed E-state index contributed by atoms with van der Waals surface area (Å²) in [5.41, 5.74) is 0. The Morgan fingerprint density at radius 1 is 1.35 bits per heavy atom. The van der Waals surface area contributed by atoms with E-state index in [1.54, 1.807) is 4.90 Å². The molecule has 0 aliphatic carbocycles. The van der Waals surface area contributed by atoms with E-state index in [1.165, 1.54) is 0 Å². The summed E-state index contributed by atoms with van der Waals surface area (Å²) < 4.78 is 0. The molecule has 0 radical (unpaired) electrons. The molecule has 0 saturated carbocycles. The van der Waals surface area contributed by atoms with Crippen LogP contribution in [-0.4, -0.2) is 47.6 Å². The standard InChI is InChI=1S/C15H28N2O3/c1-4-5-14(18)17-9-12(15(19)20)8-13(10-17)16-7-6-11(2)3/h11-13,16H,4-10H2,1-3H3,(H,19,20). The molecule has 1 amide bonds.